The van der Waals surface area contributed by atoms with Crippen molar-refractivity contribution in [2.45, 2.75) is 156 Å². The minimum Gasteiger partial charge on any atom is -0.457 e. The summed E-state index contributed by atoms with van der Waals surface area (Å²) in [5.41, 5.74) is -1.05. The summed E-state index contributed by atoms with van der Waals surface area (Å²) in [6, 6.07) is 0. The van der Waals surface area contributed by atoms with Gasteiger partial charge in [0.05, 0.1) is 30.0 Å². The van der Waals surface area contributed by atoms with Crippen molar-refractivity contribution in [3.63, 3.8) is 0 Å². The fraction of sp³-hybridized carbons (Fsp3) is 0.971. The van der Waals surface area contributed by atoms with Gasteiger partial charge in [0.25, 0.3) is 0 Å². The number of carbonyl (C=O) groups excluding carboxylic acids is 1. The van der Waals surface area contributed by atoms with Crippen molar-refractivity contribution in [1.82, 2.24) is 0 Å². The van der Waals surface area contributed by atoms with Crippen molar-refractivity contribution in [2.75, 3.05) is 0 Å². The summed E-state index contributed by atoms with van der Waals surface area (Å²) < 4.78 is 12.8. The maximum Gasteiger partial charge on any atom is 0.306 e. The number of carbonyl (C=O) groups is 1. The van der Waals surface area contributed by atoms with Gasteiger partial charge < -0.3 is 24.8 Å². The predicted molar refractivity (Wildman–Crippen MR) is 158 cm³/mol. The molecule has 6 aliphatic rings. The van der Waals surface area contributed by atoms with Gasteiger partial charge in [0, 0.05) is 11.8 Å². The number of hydrogen-bond acceptors (Lipinski definition) is 6. The van der Waals surface area contributed by atoms with Crippen LogP contribution in [0.1, 0.15) is 120 Å². The van der Waals surface area contributed by atoms with E-state index in [4.69, 9.17) is 9.47 Å². The lowest BCUT2D eigenvalue weighted by Gasteiger charge is -2.63. The van der Waals surface area contributed by atoms with Gasteiger partial charge in [0.2, 0.25) is 0 Å². The molecule has 0 bridgehead atoms. The van der Waals surface area contributed by atoms with Crippen LogP contribution in [0.2, 0.25) is 0 Å². The third kappa shape index (κ3) is 3.84. The highest BCUT2D eigenvalue weighted by molar-refractivity contribution is 5.70. The van der Waals surface area contributed by atoms with E-state index >= 15 is 0 Å². The zero-order valence-electron chi connectivity index (χ0n) is 27.2. The lowest BCUT2D eigenvalue weighted by atomic mass is 9.41. The van der Waals surface area contributed by atoms with Gasteiger partial charge in [-0.25, -0.2) is 0 Å². The Morgan fingerprint density at radius 3 is 2.27 bits per heavy atom. The molecule has 3 N–H and O–H groups in total. The van der Waals surface area contributed by atoms with Gasteiger partial charge in [-0.3, -0.25) is 4.79 Å². The zero-order chi connectivity index (χ0) is 30.1. The average molecular weight is 575 g/mol. The fourth-order valence-electron chi connectivity index (χ4n) is 12.7. The van der Waals surface area contributed by atoms with Crippen LogP contribution in [0.3, 0.4) is 0 Å². The molecule has 6 heteroatoms. The Labute approximate surface area is 248 Å². The zero-order valence-corrected chi connectivity index (χ0v) is 27.2. The number of fused-ring (bicyclic) bond motifs is 4. The average Bonchev–Trinajstić information content (AvgIpc) is 3.49. The summed E-state index contributed by atoms with van der Waals surface area (Å²) in [6.45, 7) is 19.1. The number of hydrogen-bond donors (Lipinski definition) is 3. The molecular weight excluding hydrogens is 516 g/mol. The van der Waals surface area contributed by atoms with Crippen LogP contribution in [-0.2, 0) is 14.3 Å². The Morgan fingerprint density at radius 1 is 1.00 bits per heavy atom. The summed E-state index contributed by atoms with van der Waals surface area (Å²) in [5.74, 6) is 1.36. The molecule has 0 aromatic heterocycles. The Bertz CT molecular complexity index is 1060. The van der Waals surface area contributed by atoms with Crippen LogP contribution >= 0.6 is 0 Å². The van der Waals surface area contributed by atoms with Gasteiger partial charge in [-0.05, 0) is 116 Å². The Kier molecular flexibility index (Phi) is 6.79. The van der Waals surface area contributed by atoms with Crippen LogP contribution in [-0.4, -0.2) is 57.4 Å². The summed E-state index contributed by atoms with van der Waals surface area (Å²) in [6.07, 6.45) is 6.47. The maximum atomic E-state index is 12.8. The third-order valence-electron chi connectivity index (χ3n) is 14.7. The molecule has 0 amide bonds. The Morgan fingerprint density at radius 2 is 1.63 bits per heavy atom. The molecule has 6 nitrogen and oxygen atoms in total. The number of esters is 1. The van der Waals surface area contributed by atoms with Crippen LogP contribution in [0.15, 0.2) is 0 Å². The lowest BCUT2D eigenvalue weighted by Crippen LogP contribution is -2.59. The van der Waals surface area contributed by atoms with E-state index in [9.17, 15) is 20.1 Å². The highest BCUT2D eigenvalue weighted by atomic mass is 16.6. The molecule has 1 saturated heterocycles. The molecule has 41 heavy (non-hydrogen) atoms. The second-order valence-electron chi connectivity index (χ2n) is 17.7. The van der Waals surface area contributed by atoms with Gasteiger partial charge in [-0.2, -0.15) is 0 Å². The Balaban J connectivity index is 1.31. The molecule has 0 aromatic carbocycles. The van der Waals surface area contributed by atoms with Crippen molar-refractivity contribution in [3.8, 4) is 0 Å². The summed E-state index contributed by atoms with van der Waals surface area (Å²) >= 11 is 0. The highest BCUT2D eigenvalue weighted by Crippen LogP contribution is 2.89. The van der Waals surface area contributed by atoms with E-state index in [0.29, 0.717) is 30.1 Å². The van der Waals surface area contributed by atoms with Crippen LogP contribution in [0.25, 0.3) is 0 Å². The molecule has 6 fully saturated rings. The molecule has 1 aliphatic heterocycles. The molecule has 0 radical (unpaired) electrons. The summed E-state index contributed by atoms with van der Waals surface area (Å²) in [5, 5.41) is 34.6. The largest absolute Gasteiger partial charge is 0.457 e. The molecular formula is C35H58O6. The SMILES string of the molecule is CC(C)CC(=O)O[C@@H](C1C[C@@H](C)[C@H]2C(O1)[C@H](O)[C@@]1(C)[C@@H]3CC[C@H]4C(C)(C)C(O)CC[C@@]45C[C@@]35CC[C@]21C)C(C)(C)O. The first-order valence-corrected chi connectivity index (χ1v) is 16.8. The molecule has 13 atom stereocenters. The first-order chi connectivity index (χ1) is 18.9. The van der Waals surface area contributed by atoms with Gasteiger partial charge in [-0.1, -0.05) is 48.5 Å². The van der Waals surface area contributed by atoms with Crippen LogP contribution in [0, 0.1) is 56.7 Å². The highest BCUT2D eigenvalue weighted by Gasteiger charge is 2.84. The first kappa shape index (κ1) is 30.3. The molecule has 2 spiro atoms. The number of aliphatic hydroxyl groups excluding tert-OH is 2. The monoisotopic (exact) mass is 574 g/mol. The van der Waals surface area contributed by atoms with E-state index in [-0.39, 0.29) is 57.6 Å². The lowest BCUT2D eigenvalue weighted by molar-refractivity contribution is -0.217. The van der Waals surface area contributed by atoms with E-state index in [0.717, 1.165) is 32.1 Å². The van der Waals surface area contributed by atoms with Gasteiger partial charge in [0.15, 0.2) is 6.10 Å². The molecule has 234 valence electrons. The predicted octanol–water partition coefficient (Wildman–Crippen LogP) is 5.89. The third-order valence-corrected chi connectivity index (χ3v) is 14.7. The number of ether oxygens (including phenoxy) is 2. The van der Waals surface area contributed by atoms with E-state index in [1.807, 2.05) is 13.8 Å². The minimum atomic E-state index is -1.25. The Hall–Kier alpha value is -0.690. The second-order valence-corrected chi connectivity index (χ2v) is 17.7. The van der Waals surface area contributed by atoms with E-state index in [2.05, 4.69) is 34.6 Å². The van der Waals surface area contributed by atoms with E-state index < -0.39 is 23.9 Å². The van der Waals surface area contributed by atoms with E-state index in [1.54, 1.807) is 13.8 Å². The van der Waals surface area contributed by atoms with Crippen LogP contribution in [0.5, 0.6) is 0 Å². The van der Waals surface area contributed by atoms with Crippen molar-refractivity contribution in [3.05, 3.63) is 0 Å². The van der Waals surface area contributed by atoms with Gasteiger partial charge in [-0.15, -0.1) is 0 Å². The second kappa shape index (κ2) is 9.17. The van der Waals surface area contributed by atoms with Crippen LogP contribution < -0.4 is 0 Å². The van der Waals surface area contributed by atoms with Crippen molar-refractivity contribution >= 4 is 5.97 Å². The molecule has 5 saturated carbocycles. The molecule has 5 aliphatic carbocycles. The molecule has 0 aromatic rings. The number of aliphatic hydroxyl groups is 3. The van der Waals surface area contributed by atoms with Gasteiger partial charge in [0.1, 0.15) is 0 Å². The smallest absolute Gasteiger partial charge is 0.306 e. The minimum absolute atomic E-state index is 0.0454. The molecule has 6 rings (SSSR count). The van der Waals surface area contributed by atoms with E-state index in [1.165, 1.54) is 12.8 Å². The first-order valence-electron chi connectivity index (χ1n) is 16.8. The van der Waals surface area contributed by atoms with Crippen LogP contribution in [0.4, 0.5) is 0 Å². The summed E-state index contributed by atoms with van der Waals surface area (Å²) in [4.78, 5) is 12.8. The van der Waals surface area contributed by atoms with Crippen molar-refractivity contribution in [1.29, 1.82) is 0 Å². The summed E-state index contributed by atoms with van der Waals surface area (Å²) in [7, 11) is 0. The van der Waals surface area contributed by atoms with Crippen molar-refractivity contribution in [2.24, 2.45) is 56.7 Å². The number of rotatable bonds is 5. The molecule has 3 unspecified atom stereocenters. The van der Waals surface area contributed by atoms with Crippen molar-refractivity contribution < 1.29 is 29.6 Å². The standard InChI is InChI=1S/C35H58O6/c1-19(2)16-25(37)41-29(31(6,7)39)21-17-20(3)26-27(40-21)28(38)33(9)23-11-10-22-30(4,5)24(36)12-13-34(22)18-35(23,34)15-14-32(26,33)8/h19-24,26-29,36,38-39H,10-18H2,1-9H3/t20-,21?,22+,23+,24?,26+,27?,28+,29+,32-,33-,34-,35+/m1/s1. The maximum absolute atomic E-state index is 12.8. The topological polar surface area (TPSA) is 96.2 Å². The fourth-order valence-corrected chi connectivity index (χ4v) is 12.7. The normalized spacial score (nSPS) is 52.4. The quantitative estimate of drug-likeness (QED) is 0.355. The van der Waals surface area contributed by atoms with Gasteiger partial charge >= 0.3 is 5.97 Å². The molecule has 1 heterocycles.